The lowest BCUT2D eigenvalue weighted by molar-refractivity contribution is -0.137. The predicted octanol–water partition coefficient (Wildman–Crippen LogP) is 5.73. The van der Waals surface area contributed by atoms with Crippen LogP contribution in [-0.4, -0.2) is 46.3 Å². The fraction of sp³-hybridized carbons (Fsp3) is 0.385. The molecule has 1 unspecified atom stereocenters. The fourth-order valence-corrected chi connectivity index (χ4v) is 4.79. The summed E-state index contributed by atoms with van der Waals surface area (Å²) in [7, 11) is 1.85. The Kier molecular flexibility index (Phi) is 6.77. The molecule has 1 heterocycles. The number of aromatic amines is 1. The van der Waals surface area contributed by atoms with Crippen molar-refractivity contribution in [3.63, 3.8) is 0 Å². The lowest BCUT2D eigenvalue weighted by atomic mass is 9.86. The summed E-state index contributed by atoms with van der Waals surface area (Å²) in [6.45, 7) is 7.14. The molecule has 1 aromatic heterocycles. The first-order valence-electron chi connectivity index (χ1n) is 11.3. The van der Waals surface area contributed by atoms with E-state index in [-0.39, 0.29) is 18.6 Å². The zero-order valence-electron chi connectivity index (χ0n) is 19.5. The standard InChI is InChI=1S/C26H30ClN3O3/c1-15(2)25(18-7-10-23-22(12-18)26(27)29-28-23)33-20-8-9-21-16(3)19(6-5-17(21)11-20)13-30(4)14-24(31)32/h7-12,15,25H,5-6,13-14H2,1-4H3,(H,28,29)(H,31,32). The SMILES string of the molecule is CC1=C(CN(C)CC(=O)O)CCc2cc(OC(c3ccc4n[nH]c(Cl)c4c3)C(C)C)ccc21. The maximum absolute atomic E-state index is 11.0. The van der Waals surface area contributed by atoms with Gasteiger partial charge in [-0.3, -0.25) is 14.8 Å². The first-order chi connectivity index (χ1) is 15.7. The van der Waals surface area contributed by atoms with Gasteiger partial charge < -0.3 is 9.84 Å². The van der Waals surface area contributed by atoms with Crippen molar-refractivity contribution in [1.82, 2.24) is 15.1 Å². The second-order valence-corrected chi connectivity index (χ2v) is 9.59. The van der Waals surface area contributed by atoms with Crippen molar-refractivity contribution < 1.29 is 14.6 Å². The number of hydrogen-bond donors (Lipinski definition) is 2. The molecule has 7 heteroatoms. The van der Waals surface area contributed by atoms with E-state index in [1.54, 1.807) is 0 Å². The lowest BCUT2D eigenvalue weighted by Gasteiger charge is -2.27. The Labute approximate surface area is 199 Å². The summed E-state index contributed by atoms with van der Waals surface area (Å²) >= 11 is 6.25. The summed E-state index contributed by atoms with van der Waals surface area (Å²) in [5.41, 5.74) is 6.93. The van der Waals surface area contributed by atoms with E-state index in [0.717, 1.165) is 35.1 Å². The Bertz CT molecular complexity index is 1210. The Morgan fingerprint density at radius 3 is 2.76 bits per heavy atom. The normalized spacial score (nSPS) is 14.8. The van der Waals surface area contributed by atoms with Crippen molar-refractivity contribution in [1.29, 1.82) is 0 Å². The van der Waals surface area contributed by atoms with Crippen LogP contribution in [0.4, 0.5) is 0 Å². The van der Waals surface area contributed by atoms with E-state index in [9.17, 15) is 4.79 Å². The van der Waals surface area contributed by atoms with Crippen molar-refractivity contribution in [2.45, 2.75) is 39.7 Å². The topological polar surface area (TPSA) is 78.5 Å². The molecule has 6 nitrogen and oxygen atoms in total. The molecule has 1 aliphatic rings. The molecule has 3 aromatic rings. The number of aromatic nitrogens is 2. The molecular weight excluding hydrogens is 438 g/mol. The number of aryl methyl sites for hydroxylation is 1. The van der Waals surface area contributed by atoms with E-state index in [1.807, 2.05) is 24.1 Å². The number of nitrogens with zero attached hydrogens (tertiary/aromatic N) is 2. The molecular formula is C26H30ClN3O3. The van der Waals surface area contributed by atoms with Gasteiger partial charge in [-0.1, -0.05) is 43.2 Å². The van der Waals surface area contributed by atoms with E-state index >= 15 is 0 Å². The van der Waals surface area contributed by atoms with Crippen LogP contribution in [0.3, 0.4) is 0 Å². The summed E-state index contributed by atoms with van der Waals surface area (Å²) in [4.78, 5) is 12.8. The van der Waals surface area contributed by atoms with Crippen LogP contribution in [0.15, 0.2) is 42.0 Å². The zero-order chi connectivity index (χ0) is 23.7. The number of benzene rings is 2. The van der Waals surface area contributed by atoms with Gasteiger partial charge in [0.05, 0.1) is 12.1 Å². The number of ether oxygens (including phenoxy) is 1. The van der Waals surface area contributed by atoms with Gasteiger partial charge in [0.15, 0.2) is 0 Å². The third-order valence-corrected chi connectivity index (χ3v) is 6.59. The number of carboxylic acid groups (broad SMARTS) is 1. The Morgan fingerprint density at radius 2 is 2.03 bits per heavy atom. The highest BCUT2D eigenvalue weighted by molar-refractivity contribution is 6.34. The van der Waals surface area contributed by atoms with E-state index in [1.165, 1.54) is 22.3 Å². The predicted molar refractivity (Wildman–Crippen MR) is 132 cm³/mol. The molecule has 0 fully saturated rings. The molecule has 33 heavy (non-hydrogen) atoms. The number of rotatable bonds is 8. The quantitative estimate of drug-likeness (QED) is 0.442. The molecule has 0 amide bonds. The molecule has 174 valence electrons. The molecule has 1 aliphatic carbocycles. The largest absolute Gasteiger partial charge is 0.485 e. The minimum atomic E-state index is -0.803. The Hall–Kier alpha value is -2.83. The highest BCUT2D eigenvalue weighted by atomic mass is 35.5. The maximum atomic E-state index is 11.0. The number of H-pyrrole nitrogens is 1. The maximum Gasteiger partial charge on any atom is 0.317 e. The average molecular weight is 468 g/mol. The van der Waals surface area contributed by atoms with Crippen molar-refractivity contribution >= 4 is 34.0 Å². The van der Waals surface area contributed by atoms with Crippen LogP contribution < -0.4 is 4.74 Å². The van der Waals surface area contributed by atoms with Gasteiger partial charge in [-0.15, -0.1) is 0 Å². The Balaban J connectivity index is 1.56. The molecule has 0 saturated heterocycles. The molecule has 0 aliphatic heterocycles. The summed E-state index contributed by atoms with van der Waals surface area (Å²) in [5.74, 6) is 0.315. The number of carbonyl (C=O) groups is 1. The van der Waals surface area contributed by atoms with Crippen molar-refractivity contribution in [3.05, 3.63) is 63.8 Å². The molecule has 1 atom stereocenters. The monoisotopic (exact) mass is 467 g/mol. The number of nitrogens with one attached hydrogen (secondary N) is 1. The molecule has 2 N–H and O–H groups in total. The van der Waals surface area contributed by atoms with Crippen LogP contribution in [0.5, 0.6) is 5.75 Å². The zero-order valence-corrected chi connectivity index (χ0v) is 20.2. The first kappa shape index (κ1) is 23.3. The summed E-state index contributed by atoms with van der Waals surface area (Å²) in [6.07, 6.45) is 1.73. The molecule has 0 spiro atoms. The summed E-state index contributed by atoms with van der Waals surface area (Å²) in [5, 5.41) is 17.5. The highest BCUT2D eigenvalue weighted by Crippen LogP contribution is 2.36. The smallest absolute Gasteiger partial charge is 0.317 e. The van der Waals surface area contributed by atoms with E-state index < -0.39 is 5.97 Å². The van der Waals surface area contributed by atoms with Crippen molar-refractivity contribution in [2.24, 2.45) is 5.92 Å². The number of halogens is 1. The third-order valence-electron chi connectivity index (χ3n) is 6.30. The van der Waals surface area contributed by atoms with Gasteiger partial charge in [-0.25, -0.2) is 0 Å². The third kappa shape index (κ3) is 5.07. The highest BCUT2D eigenvalue weighted by Gasteiger charge is 2.22. The fourth-order valence-electron chi connectivity index (χ4n) is 4.60. The summed E-state index contributed by atoms with van der Waals surface area (Å²) < 4.78 is 6.50. The van der Waals surface area contributed by atoms with Gasteiger partial charge >= 0.3 is 5.97 Å². The molecule has 2 aromatic carbocycles. The molecule has 0 saturated carbocycles. The number of allylic oxidation sites excluding steroid dienone is 1. The number of likely N-dealkylation sites (N-methyl/N-ethyl adjacent to an activating group) is 1. The van der Waals surface area contributed by atoms with Gasteiger partial charge in [-0.05, 0) is 79.3 Å². The van der Waals surface area contributed by atoms with E-state index in [4.69, 9.17) is 21.4 Å². The van der Waals surface area contributed by atoms with Crippen LogP contribution >= 0.6 is 11.6 Å². The number of fused-ring (bicyclic) bond motifs is 2. The molecule has 0 radical (unpaired) electrons. The van der Waals surface area contributed by atoms with Gasteiger partial charge in [0.1, 0.15) is 17.0 Å². The Morgan fingerprint density at radius 1 is 1.24 bits per heavy atom. The van der Waals surface area contributed by atoms with Gasteiger partial charge in [0, 0.05) is 11.9 Å². The summed E-state index contributed by atoms with van der Waals surface area (Å²) in [6, 6.07) is 12.4. The van der Waals surface area contributed by atoms with Crippen LogP contribution in [0.2, 0.25) is 5.15 Å². The second-order valence-electron chi connectivity index (χ2n) is 9.21. The molecule has 0 bridgehead atoms. The minimum Gasteiger partial charge on any atom is -0.485 e. The second kappa shape index (κ2) is 9.57. The minimum absolute atomic E-state index is 0.0445. The van der Waals surface area contributed by atoms with E-state index in [2.05, 4.69) is 55.2 Å². The van der Waals surface area contributed by atoms with Crippen LogP contribution in [0, 0.1) is 5.92 Å². The number of hydrogen-bond acceptors (Lipinski definition) is 4. The van der Waals surface area contributed by atoms with Crippen LogP contribution in [0.25, 0.3) is 16.5 Å². The lowest BCUT2D eigenvalue weighted by Crippen LogP contribution is -2.28. The van der Waals surface area contributed by atoms with Gasteiger partial charge in [-0.2, -0.15) is 5.10 Å². The van der Waals surface area contributed by atoms with Crippen LogP contribution in [0.1, 0.15) is 50.0 Å². The van der Waals surface area contributed by atoms with Gasteiger partial charge in [0.25, 0.3) is 0 Å². The number of aliphatic carboxylic acids is 1. The van der Waals surface area contributed by atoms with Crippen molar-refractivity contribution in [3.8, 4) is 5.75 Å². The van der Waals surface area contributed by atoms with Crippen molar-refractivity contribution in [2.75, 3.05) is 20.1 Å². The average Bonchev–Trinajstić information content (AvgIpc) is 3.13. The number of carboxylic acids is 1. The molecule has 4 rings (SSSR count). The van der Waals surface area contributed by atoms with Crippen LogP contribution in [-0.2, 0) is 11.2 Å². The first-order valence-corrected chi connectivity index (χ1v) is 11.6. The van der Waals surface area contributed by atoms with Gasteiger partial charge in [0.2, 0.25) is 0 Å². The van der Waals surface area contributed by atoms with E-state index in [0.29, 0.717) is 11.7 Å².